The van der Waals surface area contributed by atoms with E-state index in [9.17, 15) is 5.11 Å². The van der Waals surface area contributed by atoms with E-state index in [-0.39, 0.29) is 0 Å². The first-order valence-electron chi connectivity index (χ1n) is 5.79. The summed E-state index contributed by atoms with van der Waals surface area (Å²) < 4.78 is 5.43. The predicted molar refractivity (Wildman–Crippen MR) is 52.9 cm³/mol. The highest BCUT2D eigenvalue weighted by Gasteiger charge is 2.63. The van der Waals surface area contributed by atoms with Crippen molar-refractivity contribution in [2.24, 2.45) is 17.8 Å². The predicted octanol–water partition coefficient (Wildman–Crippen LogP) is 0.382. The van der Waals surface area contributed by atoms with Crippen LogP contribution in [0.1, 0.15) is 19.8 Å². The monoisotopic (exact) mass is 197 g/mol. The third-order valence-electron chi connectivity index (χ3n) is 4.56. The summed E-state index contributed by atoms with van der Waals surface area (Å²) in [5.41, 5.74) is -0.562. The van der Waals surface area contributed by atoms with Crippen LogP contribution in [0.4, 0.5) is 0 Å². The molecule has 0 spiro atoms. The zero-order valence-electron chi connectivity index (χ0n) is 8.70. The van der Waals surface area contributed by atoms with Crippen LogP contribution in [-0.2, 0) is 4.74 Å². The smallest absolute Gasteiger partial charge is 0.106 e. The standard InChI is InChI=1S/C11H19NO2/c1-2-14-6-11(13)8-3-7-5-12-10(11)9(7)4-8/h7-10,12-13H,2-6H2,1H3. The van der Waals surface area contributed by atoms with E-state index in [4.69, 9.17) is 4.74 Å². The van der Waals surface area contributed by atoms with Crippen LogP contribution in [-0.4, -0.2) is 36.5 Å². The van der Waals surface area contributed by atoms with Crippen molar-refractivity contribution in [3.05, 3.63) is 0 Å². The highest BCUT2D eigenvalue weighted by Crippen LogP contribution is 2.56. The van der Waals surface area contributed by atoms with Crippen molar-refractivity contribution in [1.82, 2.24) is 5.32 Å². The third kappa shape index (κ3) is 0.980. The number of rotatable bonds is 3. The molecule has 80 valence electrons. The molecule has 0 aromatic rings. The van der Waals surface area contributed by atoms with Crippen molar-refractivity contribution in [2.75, 3.05) is 19.8 Å². The molecule has 2 aliphatic carbocycles. The van der Waals surface area contributed by atoms with Gasteiger partial charge in [0.1, 0.15) is 5.60 Å². The van der Waals surface area contributed by atoms with Gasteiger partial charge in [-0.2, -0.15) is 0 Å². The van der Waals surface area contributed by atoms with Crippen LogP contribution in [0.2, 0.25) is 0 Å². The molecule has 0 radical (unpaired) electrons. The lowest BCUT2D eigenvalue weighted by Gasteiger charge is -2.36. The van der Waals surface area contributed by atoms with Gasteiger partial charge in [0, 0.05) is 12.6 Å². The lowest BCUT2D eigenvalue weighted by atomic mass is 9.79. The van der Waals surface area contributed by atoms with Gasteiger partial charge in [-0.1, -0.05) is 0 Å². The lowest BCUT2D eigenvalue weighted by Crippen LogP contribution is -2.54. The highest BCUT2D eigenvalue weighted by molar-refractivity contribution is 5.17. The second-order valence-corrected chi connectivity index (χ2v) is 5.11. The number of hydrogen-bond donors (Lipinski definition) is 2. The Bertz CT molecular complexity index is 243. The van der Waals surface area contributed by atoms with Gasteiger partial charge < -0.3 is 15.2 Å². The van der Waals surface area contributed by atoms with Crippen molar-refractivity contribution >= 4 is 0 Å². The molecule has 2 bridgehead atoms. The summed E-state index contributed by atoms with van der Waals surface area (Å²) in [7, 11) is 0. The molecule has 0 aromatic carbocycles. The van der Waals surface area contributed by atoms with E-state index < -0.39 is 5.60 Å². The minimum absolute atomic E-state index is 0.317. The van der Waals surface area contributed by atoms with E-state index in [0.717, 1.165) is 18.4 Å². The second-order valence-electron chi connectivity index (χ2n) is 5.11. The van der Waals surface area contributed by atoms with Gasteiger partial charge in [-0.05, 0) is 44.1 Å². The molecule has 3 heteroatoms. The number of ether oxygens (including phenoxy) is 1. The van der Waals surface area contributed by atoms with Gasteiger partial charge in [0.05, 0.1) is 6.61 Å². The number of nitrogens with one attached hydrogen (secondary N) is 1. The van der Waals surface area contributed by atoms with E-state index in [1.807, 2.05) is 6.92 Å². The summed E-state index contributed by atoms with van der Waals surface area (Å²) in [6.07, 6.45) is 2.42. The lowest BCUT2D eigenvalue weighted by molar-refractivity contribution is -0.0913. The molecule has 0 aromatic heterocycles. The Morgan fingerprint density at radius 3 is 3.14 bits per heavy atom. The first kappa shape index (κ1) is 9.13. The maximum atomic E-state index is 10.6. The Kier molecular flexibility index (Phi) is 1.92. The summed E-state index contributed by atoms with van der Waals surface area (Å²) >= 11 is 0. The van der Waals surface area contributed by atoms with E-state index >= 15 is 0 Å². The van der Waals surface area contributed by atoms with Gasteiger partial charge in [-0.25, -0.2) is 0 Å². The van der Waals surface area contributed by atoms with Gasteiger partial charge in [-0.15, -0.1) is 0 Å². The summed E-state index contributed by atoms with van der Waals surface area (Å²) in [5.74, 6) is 2.06. The Hall–Kier alpha value is -0.120. The third-order valence-corrected chi connectivity index (χ3v) is 4.56. The maximum Gasteiger partial charge on any atom is 0.106 e. The van der Waals surface area contributed by atoms with Crippen LogP contribution < -0.4 is 5.32 Å². The molecule has 5 atom stereocenters. The van der Waals surface area contributed by atoms with E-state index in [1.54, 1.807) is 0 Å². The Morgan fingerprint density at radius 1 is 1.50 bits per heavy atom. The fourth-order valence-corrected chi connectivity index (χ4v) is 3.91. The summed E-state index contributed by atoms with van der Waals surface area (Å²) in [6.45, 7) is 4.33. The van der Waals surface area contributed by atoms with Crippen molar-refractivity contribution < 1.29 is 9.84 Å². The van der Waals surface area contributed by atoms with Crippen LogP contribution >= 0.6 is 0 Å². The number of fused-ring (bicyclic) bond motifs is 1. The molecular formula is C11H19NO2. The topological polar surface area (TPSA) is 41.5 Å². The zero-order chi connectivity index (χ0) is 9.76. The second kappa shape index (κ2) is 2.94. The van der Waals surface area contributed by atoms with Crippen LogP contribution in [0, 0.1) is 17.8 Å². The zero-order valence-corrected chi connectivity index (χ0v) is 8.70. The van der Waals surface area contributed by atoms with Crippen molar-refractivity contribution in [3.8, 4) is 0 Å². The van der Waals surface area contributed by atoms with Gasteiger partial charge in [0.2, 0.25) is 0 Å². The SMILES string of the molecule is CCOCC1(O)C2CC3CNC1C3C2. The molecular weight excluding hydrogens is 178 g/mol. The average molecular weight is 197 g/mol. The fraction of sp³-hybridized carbons (Fsp3) is 1.00. The Labute approximate surface area is 84.8 Å². The van der Waals surface area contributed by atoms with E-state index in [1.165, 1.54) is 12.8 Å². The largest absolute Gasteiger partial charge is 0.386 e. The molecule has 3 aliphatic rings. The number of aliphatic hydroxyl groups is 1. The minimum atomic E-state index is -0.562. The Balaban J connectivity index is 1.80. The van der Waals surface area contributed by atoms with Gasteiger partial charge in [0.15, 0.2) is 0 Å². The minimum Gasteiger partial charge on any atom is -0.386 e. The van der Waals surface area contributed by atoms with Crippen LogP contribution in [0.15, 0.2) is 0 Å². The van der Waals surface area contributed by atoms with Crippen LogP contribution in [0.25, 0.3) is 0 Å². The van der Waals surface area contributed by atoms with Crippen LogP contribution in [0.5, 0.6) is 0 Å². The average Bonchev–Trinajstić information content (AvgIpc) is 2.75. The first-order valence-corrected chi connectivity index (χ1v) is 5.79. The fourth-order valence-electron chi connectivity index (χ4n) is 3.91. The van der Waals surface area contributed by atoms with Crippen molar-refractivity contribution in [2.45, 2.75) is 31.4 Å². The van der Waals surface area contributed by atoms with Gasteiger partial charge >= 0.3 is 0 Å². The van der Waals surface area contributed by atoms with Gasteiger partial charge in [0.25, 0.3) is 0 Å². The normalized spacial score (nSPS) is 54.4. The quantitative estimate of drug-likeness (QED) is 0.687. The van der Waals surface area contributed by atoms with Gasteiger partial charge in [-0.3, -0.25) is 0 Å². The van der Waals surface area contributed by atoms with Crippen molar-refractivity contribution in [3.63, 3.8) is 0 Å². The molecule has 3 fully saturated rings. The molecule has 0 amide bonds. The van der Waals surface area contributed by atoms with Crippen molar-refractivity contribution in [1.29, 1.82) is 0 Å². The Morgan fingerprint density at radius 2 is 2.36 bits per heavy atom. The first-order chi connectivity index (χ1) is 6.75. The highest BCUT2D eigenvalue weighted by atomic mass is 16.5. The molecule has 5 unspecified atom stereocenters. The molecule has 2 saturated carbocycles. The molecule has 1 heterocycles. The molecule has 3 rings (SSSR count). The van der Waals surface area contributed by atoms with E-state index in [2.05, 4.69) is 5.32 Å². The molecule has 1 aliphatic heterocycles. The molecule has 3 nitrogen and oxygen atoms in total. The summed E-state index contributed by atoms with van der Waals surface area (Å²) in [6, 6.07) is 0.317. The summed E-state index contributed by atoms with van der Waals surface area (Å²) in [5, 5.41) is 14.1. The van der Waals surface area contributed by atoms with E-state index in [0.29, 0.717) is 25.2 Å². The summed E-state index contributed by atoms with van der Waals surface area (Å²) in [4.78, 5) is 0. The number of hydrogen-bond acceptors (Lipinski definition) is 3. The molecule has 2 N–H and O–H groups in total. The molecule has 14 heavy (non-hydrogen) atoms. The van der Waals surface area contributed by atoms with Crippen LogP contribution in [0.3, 0.4) is 0 Å². The molecule has 1 saturated heterocycles. The maximum absolute atomic E-state index is 10.6.